The molecule has 0 aliphatic carbocycles. The number of nitrogens with one attached hydrogen (secondary N) is 2. The molecular weight excluding hydrogens is 268 g/mol. The molecule has 110 valence electrons. The molecule has 1 aliphatic rings. The van der Waals surface area contributed by atoms with Crippen molar-refractivity contribution in [1.29, 1.82) is 0 Å². The summed E-state index contributed by atoms with van der Waals surface area (Å²) in [5.41, 5.74) is 3.35. The zero-order chi connectivity index (χ0) is 14.8. The number of aromatic nitrogens is 3. The molecule has 21 heavy (non-hydrogen) atoms. The maximum Gasteiger partial charge on any atom is 0.272 e. The Morgan fingerprint density at radius 3 is 2.95 bits per heavy atom. The third-order valence-corrected chi connectivity index (χ3v) is 3.65. The SMILES string of the molecule is C[C@@H]1Cc2c(C(=O)NCc3ccncc3)n[nH]c2[C@H](C)O1. The van der Waals surface area contributed by atoms with Gasteiger partial charge in [0.05, 0.1) is 17.9 Å². The highest BCUT2D eigenvalue weighted by Gasteiger charge is 2.29. The van der Waals surface area contributed by atoms with E-state index in [9.17, 15) is 4.79 Å². The topological polar surface area (TPSA) is 79.9 Å². The van der Waals surface area contributed by atoms with Crippen molar-refractivity contribution in [2.75, 3.05) is 0 Å². The molecule has 6 heteroatoms. The van der Waals surface area contributed by atoms with Crippen LogP contribution in [0, 0.1) is 0 Å². The summed E-state index contributed by atoms with van der Waals surface area (Å²) >= 11 is 0. The number of carbonyl (C=O) groups is 1. The fourth-order valence-corrected chi connectivity index (χ4v) is 2.63. The van der Waals surface area contributed by atoms with Crippen LogP contribution in [0.15, 0.2) is 24.5 Å². The van der Waals surface area contributed by atoms with Gasteiger partial charge in [-0.05, 0) is 31.5 Å². The molecule has 0 saturated heterocycles. The average molecular weight is 286 g/mol. The second-order valence-electron chi connectivity index (χ2n) is 5.30. The number of pyridine rings is 1. The van der Waals surface area contributed by atoms with Gasteiger partial charge in [-0.25, -0.2) is 0 Å². The van der Waals surface area contributed by atoms with Crippen molar-refractivity contribution in [1.82, 2.24) is 20.5 Å². The summed E-state index contributed by atoms with van der Waals surface area (Å²) in [6.45, 7) is 4.43. The Morgan fingerprint density at radius 1 is 1.43 bits per heavy atom. The zero-order valence-corrected chi connectivity index (χ0v) is 12.1. The fourth-order valence-electron chi connectivity index (χ4n) is 2.63. The van der Waals surface area contributed by atoms with E-state index in [4.69, 9.17) is 4.74 Å². The molecule has 2 atom stereocenters. The standard InChI is InChI=1S/C15H18N4O2/c1-9-7-12-13(10(2)21-9)18-19-14(12)15(20)17-8-11-3-5-16-6-4-11/h3-6,9-10H,7-8H2,1-2H3,(H,17,20)(H,18,19)/t9-,10+/m1/s1. The summed E-state index contributed by atoms with van der Waals surface area (Å²) in [5.74, 6) is -0.161. The lowest BCUT2D eigenvalue weighted by molar-refractivity contribution is -0.00697. The smallest absolute Gasteiger partial charge is 0.272 e. The molecule has 0 saturated carbocycles. The summed E-state index contributed by atoms with van der Waals surface area (Å²) in [4.78, 5) is 16.3. The maximum absolute atomic E-state index is 12.3. The Morgan fingerprint density at radius 2 is 2.19 bits per heavy atom. The molecule has 6 nitrogen and oxygen atoms in total. The van der Waals surface area contributed by atoms with Crippen LogP contribution in [0.4, 0.5) is 0 Å². The van der Waals surface area contributed by atoms with Gasteiger partial charge in [-0.15, -0.1) is 0 Å². The number of aromatic amines is 1. The minimum atomic E-state index is -0.161. The zero-order valence-electron chi connectivity index (χ0n) is 12.1. The number of rotatable bonds is 3. The average Bonchev–Trinajstić information content (AvgIpc) is 2.90. The first kappa shape index (κ1) is 13.8. The van der Waals surface area contributed by atoms with Crippen LogP contribution in [0.2, 0.25) is 0 Å². The Hall–Kier alpha value is -2.21. The van der Waals surface area contributed by atoms with Gasteiger partial charge in [0.15, 0.2) is 5.69 Å². The van der Waals surface area contributed by atoms with Gasteiger partial charge in [0.1, 0.15) is 0 Å². The van der Waals surface area contributed by atoms with Crippen molar-refractivity contribution >= 4 is 5.91 Å². The number of carbonyl (C=O) groups excluding carboxylic acids is 1. The summed E-state index contributed by atoms with van der Waals surface area (Å²) in [6, 6.07) is 3.75. The number of hydrogen-bond acceptors (Lipinski definition) is 4. The molecule has 2 N–H and O–H groups in total. The van der Waals surface area contributed by atoms with Crippen LogP contribution in [0.5, 0.6) is 0 Å². The number of nitrogens with zero attached hydrogens (tertiary/aromatic N) is 2. The van der Waals surface area contributed by atoms with Gasteiger partial charge < -0.3 is 10.1 Å². The van der Waals surface area contributed by atoms with Crippen LogP contribution >= 0.6 is 0 Å². The highest BCUT2D eigenvalue weighted by Crippen LogP contribution is 2.29. The second-order valence-corrected chi connectivity index (χ2v) is 5.30. The predicted molar refractivity (Wildman–Crippen MR) is 76.7 cm³/mol. The Labute approximate surface area is 122 Å². The van der Waals surface area contributed by atoms with Gasteiger partial charge >= 0.3 is 0 Å². The highest BCUT2D eigenvalue weighted by molar-refractivity contribution is 5.94. The van der Waals surface area contributed by atoms with Crippen LogP contribution < -0.4 is 5.32 Å². The first-order chi connectivity index (χ1) is 10.1. The van der Waals surface area contributed by atoms with Gasteiger partial charge in [-0.3, -0.25) is 14.9 Å². The third-order valence-electron chi connectivity index (χ3n) is 3.65. The molecule has 2 aromatic heterocycles. The number of ether oxygens (including phenoxy) is 1. The highest BCUT2D eigenvalue weighted by atomic mass is 16.5. The Kier molecular flexibility index (Phi) is 3.70. The molecule has 3 heterocycles. The van der Waals surface area contributed by atoms with Crippen LogP contribution in [0.3, 0.4) is 0 Å². The quantitative estimate of drug-likeness (QED) is 0.901. The van der Waals surface area contributed by atoms with E-state index in [0.29, 0.717) is 18.7 Å². The van der Waals surface area contributed by atoms with Crippen LogP contribution in [0.25, 0.3) is 0 Å². The van der Waals surface area contributed by atoms with E-state index in [1.54, 1.807) is 12.4 Å². The molecule has 1 aliphatic heterocycles. The molecule has 0 radical (unpaired) electrons. The third kappa shape index (κ3) is 2.80. The molecular formula is C15H18N4O2. The monoisotopic (exact) mass is 286 g/mol. The first-order valence-corrected chi connectivity index (χ1v) is 7.05. The number of hydrogen-bond donors (Lipinski definition) is 2. The summed E-state index contributed by atoms with van der Waals surface area (Å²) in [7, 11) is 0. The van der Waals surface area contributed by atoms with E-state index in [1.807, 2.05) is 26.0 Å². The summed E-state index contributed by atoms with van der Waals surface area (Å²) in [6.07, 6.45) is 4.15. The normalized spacial score (nSPS) is 20.9. The van der Waals surface area contributed by atoms with Crippen LogP contribution in [-0.4, -0.2) is 27.2 Å². The van der Waals surface area contributed by atoms with E-state index < -0.39 is 0 Å². The predicted octanol–water partition coefficient (Wildman–Crippen LogP) is 1.76. The van der Waals surface area contributed by atoms with Crippen LogP contribution in [-0.2, 0) is 17.7 Å². The summed E-state index contributed by atoms with van der Waals surface area (Å²) < 4.78 is 5.73. The van der Waals surface area contributed by atoms with E-state index in [0.717, 1.165) is 16.8 Å². The van der Waals surface area contributed by atoms with E-state index in [1.165, 1.54) is 0 Å². The molecule has 0 unspecified atom stereocenters. The molecule has 0 aromatic carbocycles. The van der Waals surface area contributed by atoms with Crippen LogP contribution in [0.1, 0.15) is 47.3 Å². The minimum Gasteiger partial charge on any atom is -0.369 e. The van der Waals surface area contributed by atoms with E-state index >= 15 is 0 Å². The van der Waals surface area contributed by atoms with Crippen molar-refractivity contribution in [3.8, 4) is 0 Å². The molecule has 0 spiro atoms. The largest absolute Gasteiger partial charge is 0.369 e. The lowest BCUT2D eigenvalue weighted by Gasteiger charge is -2.25. The van der Waals surface area contributed by atoms with Crippen molar-refractivity contribution in [3.63, 3.8) is 0 Å². The van der Waals surface area contributed by atoms with Gasteiger partial charge in [0.2, 0.25) is 0 Å². The van der Waals surface area contributed by atoms with Crippen molar-refractivity contribution in [2.24, 2.45) is 0 Å². The molecule has 0 bridgehead atoms. The van der Waals surface area contributed by atoms with Crippen molar-refractivity contribution in [3.05, 3.63) is 47.0 Å². The fraction of sp³-hybridized carbons (Fsp3) is 0.400. The minimum absolute atomic E-state index is 0.0574. The molecule has 3 rings (SSSR count). The maximum atomic E-state index is 12.3. The molecule has 2 aromatic rings. The number of fused-ring (bicyclic) bond motifs is 1. The Balaban J connectivity index is 1.74. The molecule has 1 amide bonds. The second kappa shape index (κ2) is 5.65. The lowest BCUT2D eigenvalue weighted by Crippen LogP contribution is -2.27. The summed E-state index contributed by atoms with van der Waals surface area (Å²) in [5, 5.41) is 9.99. The van der Waals surface area contributed by atoms with Gasteiger partial charge in [0, 0.05) is 30.9 Å². The molecule has 0 fully saturated rings. The van der Waals surface area contributed by atoms with E-state index in [2.05, 4.69) is 20.5 Å². The first-order valence-electron chi connectivity index (χ1n) is 7.05. The van der Waals surface area contributed by atoms with Gasteiger partial charge in [0.25, 0.3) is 5.91 Å². The number of H-pyrrole nitrogens is 1. The number of amides is 1. The Bertz CT molecular complexity index is 638. The van der Waals surface area contributed by atoms with Gasteiger partial charge in [-0.1, -0.05) is 0 Å². The van der Waals surface area contributed by atoms with Gasteiger partial charge in [-0.2, -0.15) is 5.10 Å². The lowest BCUT2D eigenvalue weighted by atomic mass is 9.99. The van der Waals surface area contributed by atoms with Crippen molar-refractivity contribution in [2.45, 2.75) is 39.0 Å². The van der Waals surface area contributed by atoms with Crippen molar-refractivity contribution < 1.29 is 9.53 Å². The van der Waals surface area contributed by atoms with E-state index in [-0.39, 0.29) is 18.1 Å².